The number of esters is 1. The van der Waals surface area contributed by atoms with Gasteiger partial charge < -0.3 is 10.1 Å². The molecule has 6 nitrogen and oxygen atoms in total. The van der Waals surface area contributed by atoms with E-state index in [1.54, 1.807) is 0 Å². The molecule has 0 spiro atoms. The maximum Gasteiger partial charge on any atom is 0.336 e. The van der Waals surface area contributed by atoms with Gasteiger partial charge in [-0.05, 0) is 32.6 Å². The van der Waals surface area contributed by atoms with Crippen molar-refractivity contribution in [2.45, 2.75) is 59.9 Å². The van der Waals surface area contributed by atoms with E-state index in [1.165, 1.54) is 7.11 Å². The number of rotatable bonds is 3. The number of allylic oxidation sites excluding steroid dienone is 3. The Morgan fingerprint density at radius 2 is 2.08 bits per heavy atom. The fourth-order valence-corrected chi connectivity index (χ4v) is 4.11. The summed E-state index contributed by atoms with van der Waals surface area (Å²) in [5.74, 6) is -0.748. The van der Waals surface area contributed by atoms with Crippen LogP contribution in [0.1, 0.15) is 57.7 Å². The molecule has 0 aromatic carbocycles. The van der Waals surface area contributed by atoms with E-state index >= 15 is 0 Å². The van der Waals surface area contributed by atoms with Crippen LogP contribution in [0.4, 0.5) is 0 Å². The van der Waals surface area contributed by atoms with Crippen LogP contribution in [0.15, 0.2) is 28.7 Å². The zero-order valence-electron chi connectivity index (χ0n) is 16.4. The monoisotopic (exact) mass is 357 g/mol. The number of hydrogen-bond donors (Lipinski definition) is 1. The molecule has 0 bridgehead atoms. The highest BCUT2D eigenvalue weighted by Crippen LogP contribution is 2.47. The highest BCUT2D eigenvalue weighted by molar-refractivity contribution is 6.04. The van der Waals surface area contributed by atoms with Gasteiger partial charge in [0, 0.05) is 41.7 Å². The van der Waals surface area contributed by atoms with Crippen LogP contribution >= 0.6 is 0 Å². The van der Waals surface area contributed by atoms with Crippen molar-refractivity contribution in [3.05, 3.63) is 40.0 Å². The molecule has 6 heteroatoms. The number of carbonyl (C=O) groups is 2. The van der Waals surface area contributed by atoms with Crippen LogP contribution in [0, 0.1) is 12.3 Å². The van der Waals surface area contributed by atoms with Gasteiger partial charge in [0.15, 0.2) is 5.78 Å². The van der Waals surface area contributed by atoms with Crippen molar-refractivity contribution >= 4 is 11.8 Å². The number of Topliss-reactive ketones (excluding diaryl/α,β-unsaturated/α-hetero) is 1. The summed E-state index contributed by atoms with van der Waals surface area (Å²) in [5, 5.41) is 7.85. The number of aryl methyl sites for hydroxylation is 2. The molecule has 140 valence electrons. The maximum absolute atomic E-state index is 13.1. The van der Waals surface area contributed by atoms with Crippen molar-refractivity contribution < 1.29 is 14.3 Å². The van der Waals surface area contributed by atoms with E-state index in [2.05, 4.69) is 24.3 Å². The molecule has 0 saturated carbocycles. The molecule has 0 saturated heterocycles. The number of nitrogens with zero attached hydrogens (tertiary/aromatic N) is 2. The smallest absolute Gasteiger partial charge is 0.336 e. The van der Waals surface area contributed by atoms with Crippen molar-refractivity contribution in [2.75, 3.05) is 7.11 Å². The fraction of sp³-hybridized carbons (Fsp3) is 0.550. The van der Waals surface area contributed by atoms with Crippen LogP contribution in [0.5, 0.6) is 0 Å². The summed E-state index contributed by atoms with van der Waals surface area (Å²) in [7, 11) is 1.37. The topological polar surface area (TPSA) is 73.2 Å². The lowest BCUT2D eigenvalue weighted by molar-refractivity contribution is -0.136. The van der Waals surface area contributed by atoms with Crippen molar-refractivity contribution in [1.82, 2.24) is 15.1 Å². The number of carbonyl (C=O) groups excluding carboxylic acids is 2. The minimum atomic E-state index is -0.428. The quantitative estimate of drug-likeness (QED) is 0.842. The van der Waals surface area contributed by atoms with Crippen LogP contribution in [0.2, 0.25) is 0 Å². The normalized spacial score (nSPS) is 22.2. The van der Waals surface area contributed by atoms with Gasteiger partial charge in [0.2, 0.25) is 0 Å². The average molecular weight is 357 g/mol. The van der Waals surface area contributed by atoms with Crippen LogP contribution in [0.25, 0.3) is 0 Å². The van der Waals surface area contributed by atoms with Gasteiger partial charge in [-0.2, -0.15) is 5.10 Å². The Bertz CT molecular complexity index is 842. The third kappa shape index (κ3) is 2.97. The van der Waals surface area contributed by atoms with Crippen LogP contribution in [-0.4, -0.2) is 28.6 Å². The Labute approximate surface area is 154 Å². The molecule has 1 aromatic heterocycles. The minimum Gasteiger partial charge on any atom is -0.466 e. The second-order valence-corrected chi connectivity index (χ2v) is 7.95. The number of aromatic nitrogens is 2. The van der Waals surface area contributed by atoms with E-state index in [4.69, 9.17) is 4.74 Å². The lowest BCUT2D eigenvalue weighted by Gasteiger charge is -2.39. The lowest BCUT2D eigenvalue weighted by atomic mass is 9.68. The van der Waals surface area contributed by atoms with Gasteiger partial charge in [-0.15, -0.1) is 0 Å². The summed E-state index contributed by atoms with van der Waals surface area (Å²) in [6.45, 7) is 10.7. The van der Waals surface area contributed by atoms with Gasteiger partial charge >= 0.3 is 5.97 Å². The molecule has 26 heavy (non-hydrogen) atoms. The summed E-state index contributed by atoms with van der Waals surface area (Å²) in [5.41, 5.74) is 4.48. The second-order valence-electron chi connectivity index (χ2n) is 7.95. The molecule has 2 heterocycles. The molecule has 1 atom stereocenters. The van der Waals surface area contributed by atoms with Crippen molar-refractivity contribution in [3.63, 3.8) is 0 Å². The largest absolute Gasteiger partial charge is 0.466 e. The molecule has 0 unspecified atom stereocenters. The highest BCUT2D eigenvalue weighted by Gasteiger charge is 2.43. The van der Waals surface area contributed by atoms with Crippen molar-refractivity contribution in [3.8, 4) is 0 Å². The second kappa shape index (κ2) is 6.41. The minimum absolute atomic E-state index is 0.0892. The van der Waals surface area contributed by atoms with E-state index in [-0.39, 0.29) is 11.2 Å². The highest BCUT2D eigenvalue weighted by atomic mass is 16.5. The lowest BCUT2D eigenvalue weighted by Crippen LogP contribution is -2.38. The predicted octanol–water partition coefficient (Wildman–Crippen LogP) is 2.99. The van der Waals surface area contributed by atoms with Gasteiger partial charge in [0.1, 0.15) is 0 Å². The summed E-state index contributed by atoms with van der Waals surface area (Å²) in [4.78, 5) is 25.7. The molecule has 1 aliphatic heterocycles. The predicted molar refractivity (Wildman–Crippen MR) is 98.3 cm³/mol. The number of methoxy groups -OCH3 is 1. The van der Waals surface area contributed by atoms with Gasteiger partial charge in [0.05, 0.1) is 24.3 Å². The Balaban J connectivity index is 2.22. The van der Waals surface area contributed by atoms with Gasteiger partial charge in [-0.3, -0.25) is 9.48 Å². The molecule has 3 rings (SSSR count). The molecule has 1 N–H and O–H groups in total. The van der Waals surface area contributed by atoms with Gasteiger partial charge in [-0.1, -0.05) is 13.8 Å². The molecular formula is C20H27N3O3. The Hall–Kier alpha value is -2.37. The zero-order valence-corrected chi connectivity index (χ0v) is 16.4. The third-order valence-corrected chi connectivity index (χ3v) is 5.26. The number of ketones is 1. The van der Waals surface area contributed by atoms with E-state index < -0.39 is 11.9 Å². The number of hydrogen-bond acceptors (Lipinski definition) is 5. The summed E-state index contributed by atoms with van der Waals surface area (Å²) >= 11 is 0. The molecule has 1 aliphatic carbocycles. The molecule has 0 fully saturated rings. The zero-order chi connectivity index (χ0) is 19.2. The molecular weight excluding hydrogens is 330 g/mol. The number of ether oxygens (including phenoxy) is 1. The SMILES string of the molecule is CCn1cc([C@H]2C(C(=O)OC)=C(C)NC3=C2C(=O)CC(C)(C)C3)c(C)n1. The first kappa shape index (κ1) is 18.4. The molecule has 0 radical (unpaired) electrons. The summed E-state index contributed by atoms with van der Waals surface area (Å²) < 4.78 is 6.88. The van der Waals surface area contributed by atoms with E-state index in [0.29, 0.717) is 17.6 Å². The van der Waals surface area contributed by atoms with E-state index in [1.807, 2.05) is 31.6 Å². The standard InChI is InChI=1S/C20H27N3O3/c1-7-23-10-13(11(2)22-23)17-16(19(25)26-6)12(3)21-14-8-20(4,5)9-15(24)18(14)17/h10,17,21H,7-9H2,1-6H3/t17-/m0/s1. The molecule has 1 aromatic rings. The van der Waals surface area contributed by atoms with E-state index in [9.17, 15) is 9.59 Å². The maximum atomic E-state index is 13.1. The first-order valence-corrected chi connectivity index (χ1v) is 9.04. The Kier molecular flexibility index (Phi) is 4.54. The fourth-order valence-electron chi connectivity index (χ4n) is 4.11. The summed E-state index contributed by atoms with van der Waals surface area (Å²) in [6.07, 6.45) is 3.19. The average Bonchev–Trinajstić information content (AvgIpc) is 2.92. The van der Waals surface area contributed by atoms with E-state index in [0.717, 1.165) is 35.6 Å². The number of dihydropyridines is 1. The van der Waals surface area contributed by atoms with Crippen molar-refractivity contribution in [2.24, 2.45) is 5.41 Å². The van der Waals surface area contributed by atoms with Gasteiger partial charge in [0.25, 0.3) is 0 Å². The van der Waals surface area contributed by atoms with Crippen LogP contribution < -0.4 is 5.32 Å². The number of nitrogens with one attached hydrogen (secondary N) is 1. The van der Waals surface area contributed by atoms with Crippen molar-refractivity contribution in [1.29, 1.82) is 0 Å². The summed E-state index contributed by atoms with van der Waals surface area (Å²) in [6, 6.07) is 0. The molecule has 2 aliphatic rings. The van der Waals surface area contributed by atoms with Gasteiger partial charge in [-0.25, -0.2) is 4.79 Å². The molecule has 0 amide bonds. The first-order valence-electron chi connectivity index (χ1n) is 9.04. The Morgan fingerprint density at radius 3 is 2.65 bits per heavy atom. The van der Waals surface area contributed by atoms with Crippen LogP contribution in [0.3, 0.4) is 0 Å². The third-order valence-electron chi connectivity index (χ3n) is 5.26. The Morgan fingerprint density at radius 1 is 1.38 bits per heavy atom. The van der Waals surface area contributed by atoms with Crippen LogP contribution in [-0.2, 0) is 20.9 Å². The first-order chi connectivity index (χ1) is 12.2.